The second-order valence-corrected chi connectivity index (χ2v) is 6.30. The highest BCUT2D eigenvalue weighted by molar-refractivity contribution is 5.92. The van der Waals surface area contributed by atoms with Crippen LogP contribution in [0.3, 0.4) is 0 Å². The SMILES string of the molecule is CCN(c1cccc(C)c1)c1ccc(C(=O)NCCC(C)C)nn1. The Labute approximate surface area is 144 Å². The monoisotopic (exact) mass is 326 g/mol. The van der Waals surface area contributed by atoms with Crippen LogP contribution in [0.25, 0.3) is 0 Å². The van der Waals surface area contributed by atoms with Crippen molar-refractivity contribution in [2.45, 2.75) is 34.1 Å². The van der Waals surface area contributed by atoms with Gasteiger partial charge >= 0.3 is 0 Å². The minimum absolute atomic E-state index is 0.173. The van der Waals surface area contributed by atoms with Crippen LogP contribution in [0, 0.1) is 12.8 Å². The zero-order valence-corrected chi connectivity index (χ0v) is 14.9. The number of anilines is 2. The number of aromatic nitrogens is 2. The van der Waals surface area contributed by atoms with Crippen LogP contribution >= 0.6 is 0 Å². The summed E-state index contributed by atoms with van der Waals surface area (Å²) < 4.78 is 0. The van der Waals surface area contributed by atoms with Gasteiger partial charge in [0.05, 0.1) is 0 Å². The molecular weight excluding hydrogens is 300 g/mol. The number of rotatable bonds is 7. The third kappa shape index (κ3) is 4.78. The Hall–Kier alpha value is -2.43. The van der Waals surface area contributed by atoms with Crippen LogP contribution in [0.15, 0.2) is 36.4 Å². The summed E-state index contributed by atoms with van der Waals surface area (Å²) in [5, 5.41) is 11.2. The summed E-state index contributed by atoms with van der Waals surface area (Å²) in [6.45, 7) is 9.82. The summed E-state index contributed by atoms with van der Waals surface area (Å²) >= 11 is 0. The molecule has 1 aromatic carbocycles. The van der Waals surface area contributed by atoms with Gasteiger partial charge in [-0.1, -0.05) is 26.0 Å². The molecule has 2 aromatic rings. The van der Waals surface area contributed by atoms with Crippen molar-refractivity contribution in [2.75, 3.05) is 18.0 Å². The van der Waals surface area contributed by atoms with Gasteiger partial charge in [0.2, 0.25) is 0 Å². The fraction of sp³-hybridized carbons (Fsp3) is 0.421. The third-order valence-electron chi connectivity index (χ3n) is 3.80. The topological polar surface area (TPSA) is 58.1 Å². The van der Waals surface area contributed by atoms with Crippen LogP contribution < -0.4 is 10.2 Å². The maximum atomic E-state index is 12.1. The Morgan fingerprint density at radius 1 is 1.21 bits per heavy atom. The van der Waals surface area contributed by atoms with Gasteiger partial charge in [-0.2, -0.15) is 0 Å². The van der Waals surface area contributed by atoms with Gasteiger partial charge in [-0.15, -0.1) is 10.2 Å². The average molecular weight is 326 g/mol. The van der Waals surface area contributed by atoms with E-state index in [0.29, 0.717) is 18.2 Å². The molecule has 2 rings (SSSR count). The number of amides is 1. The molecule has 0 saturated carbocycles. The van der Waals surface area contributed by atoms with Gasteiger partial charge in [0.25, 0.3) is 5.91 Å². The normalized spacial score (nSPS) is 10.7. The first kappa shape index (κ1) is 17.9. The molecule has 0 radical (unpaired) electrons. The molecule has 1 amide bonds. The van der Waals surface area contributed by atoms with Crippen molar-refractivity contribution in [3.63, 3.8) is 0 Å². The summed E-state index contributed by atoms with van der Waals surface area (Å²) in [5.74, 6) is 1.13. The molecule has 0 atom stereocenters. The van der Waals surface area contributed by atoms with Crippen LogP contribution in [-0.2, 0) is 0 Å². The van der Waals surface area contributed by atoms with Gasteiger partial charge < -0.3 is 10.2 Å². The Morgan fingerprint density at radius 2 is 2.00 bits per heavy atom. The van der Waals surface area contributed by atoms with Crippen LogP contribution in [0.4, 0.5) is 11.5 Å². The lowest BCUT2D eigenvalue weighted by atomic mass is 10.1. The first-order chi connectivity index (χ1) is 11.5. The van der Waals surface area contributed by atoms with Crippen LogP contribution in [0.5, 0.6) is 0 Å². The largest absolute Gasteiger partial charge is 0.351 e. The first-order valence-corrected chi connectivity index (χ1v) is 8.47. The molecule has 128 valence electrons. The highest BCUT2D eigenvalue weighted by atomic mass is 16.1. The summed E-state index contributed by atoms with van der Waals surface area (Å²) in [5.41, 5.74) is 2.61. The lowest BCUT2D eigenvalue weighted by Gasteiger charge is -2.22. The van der Waals surface area contributed by atoms with Crippen LogP contribution in [0.1, 0.15) is 43.2 Å². The van der Waals surface area contributed by atoms with Gasteiger partial charge in [-0.05, 0) is 56.0 Å². The number of carbonyl (C=O) groups excluding carboxylic acids is 1. The fourth-order valence-corrected chi connectivity index (χ4v) is 2.43. The number of carbonyl (C=O) groups is 1. The summed E-state index contributed by atoms with van der Waals surface area (Å²) in [6.07, 6.45) is 0.953. The molecule has 1 heterocycles. The number of nitrogens with zero attached hydrogens (tertiary/aromatic N) is 3. The van der Waals surface area contributed by atoms with Gasteiger partial charge in [-0.25, -0.2) is 0 Å². The number of hydrogen-bond acceptors (Lipinski definition) is 4. The standard InChI is InChI=1S/C19H26N4O/c1-5-23(16-8-6-7-15(4)13-16)18-10-9-17(21-22-18)19(24)20-12-11-14(2)3/h6-10,13-14H,5,11-12H2,1-4H3,(H,20,24). The molecule has 0 bridgehead atoms. The molecule has 0 unspecified atom stereocenters. The molecule has 0 aliphatic rings. The maximum Gasteiger partial charge on any atom is 0.271 e. The van der Waals surface area contributed by atoms with E-state index in [1.807, 2.05) is 18.2 Å². The van der Waals surface area contributed by atoms with Gasteiger partial charge in [0.1, 0.15) is 0 Å². The van der Waals surface area contributed by atoms with Crippen molar-refractivity contribution in [1.82, 2.24) is 15.5 Å². The van der Waals surface area contributed by atoms with Crippen LogP contribution in [0.2, 0.25) is 0 Å². The number of hydrogen-bond donors (Lipinski definition) is 1. The van der Waals surface area contributed by atoms with E-state index >= 15 is 0 Å². The van der Waals surface area contributed by atoms with Crippen molar-refractivity contribution < 1.29 is 4.79 Å². The summed E-state index contributed by atoms with van der Waals surface area (Å²) in [7, 11) is 0. The first-order valence-electron chi connectivity index (χ1n) is 8.47. The number of aryl methyl sites for hydroxylation is 1. The molecule has 0 saturated heterocycles. The Balaban J connectivity index is 2.08. The predicted molar refractivity (Wildman–Crippen MR) is 97.7 cm³/mol. The van der Waals surface area contributed by atoms with E-state index in [9.17, 15) is 4.79 Å². The molecule has 24 heavy (non-hydrogen) atoms. The van der Waals surface area contributed by atoms with Crippen molar-refractivity contribution in [3.05, 3.63) is 47.7 Å². The molecule has 5 heteroatoms. The number of benzene rings is 1. The van der Waals surface area contributed by atoms with E-state index in [4.69, 9.17) is 0 Å². The highest BCUT2D eigenvalue weighted by Gasteiger charge is 2.12. The predicted octanol–water partition coefficient (Wildman–Crippen LogP) is 3.72. The maximum absolute atomic E-state index is 12.1. The molecule has 0 aliphatic carbocycles. The minimum Gasteiger partial charge on any atom is -0.351 e. The number of nitrogens with one attached hydrogen (secondary N) is 1. The molecule has 1 aromatic heterocycles. The molecule has 1 N–H and O–H groups in total. The molecule has 5 nitrogen and oxygen atoms in total. The fourth-order valence-electron chi connectivity index (χ4n) is 2.43. The van der Waals surface area contributed by atoms with Crippen molar-refractivity contribution in [3.8, 4) is 0 Å². The zero-order chi connectivity index (χ0) is 17.5. The van der Waals surface area contributed by atoms with Gasteiger partial charge in [-0.3, -0.25) is 4.79 Å². The van der Waals surface area contributed by atoms with E-state index in [-0.39, 0.29) is 5.91 Å². The second kappa shape index (κ2) is 8.43. The van der Waals surface area contributed by atoms with E-state index < -0.39 is 0 Å². The van der Waals surface area contributed by atoms with E-state index in [0.717, 1.165) is 24.5 Å². The quantitative estimate of drug-likeness (QED) is 0.842. The molecule has 0 aliphatic heterocycles. The van der Waals surface area contributed by atoms with Gasteiger partial charge in [0.15, 0.2) is 11.5 Å². The third-order valence-corrected chi connectivity index (χ3v) is 3.80. The minimum atomic E-state index is -0.173. The Kier molecular flexibility index (Phi) is 6.29. The Bertz CT molecular complexity index is 667. The van der Waals surface area contributed by atoms with Gasteiger partial charge in [0, 0.05) is 18.8 Å². The van der Waals surface area contributed by atoms with E-state index in [1.54, 1.807) is 6.07 Å². The molecule has 0 fully saturated rings. The van der Waals surface area contributed by atoms with E-state index in [1.165, 1.54) is 5.56 Å². The molecule has 0 spiro atoms. The highest BCUT2D eigenvalue weighted by Crippen LogP contribution is 2.23. The van der Waals surface area contributed by atoms with Crippen molar-refractivity contribution in [2.24, 2.45) is 5.92 Å². The average Bonchev–Trinajstić information content (AvgIpc) is 2.56. The van der Waals surface area contributed by atoms with Crippen molar-refractivity contribution >= 4 is 17.4 Å². The molecular formula is C19H26N4O. The second-order valence-electron chi connectivity index (χ2n) is 6.30. The summed E-state index contributed by atoms with van der Waals surface area (Å²) in [6, 6.07) is 11.8. The smallest absolute Gasteiger partial charge is 0.271 e. The van der Waals surface area contributed by atoms with Crippen molar-refractivity contribution in [1.29, 1.82) is 0 Å². The Morgan fingerprint density at radius 3 is 2.58 bits per heavy atom. The van der Waals surface area contributed by atoms with Crippen LogP contribution in [-0.4, -0.2) is 29.2 Å². The summed E-state index contributed by atoms with van der Waals surface area (Å²) in [4.78, 5) is 14.1. The van der Waals surface area contributed by atoms with E-state index in [2.05, 4.69) is 60.2 Å². The lowest BCUT2D eigenvalue weighted by molar-refractivity contribution is 0.0946. The zero-order valence-electron chi connectivity index (χ0n) is 14.9. The lowest BCUT2D eigenvalue weighted by Crippen LogP contribution is -2.27.